The molecule has 0 bridgehead atoms. The third-order valence-corrected chi connectivity index (χ3v) is 5.05. The molecule has 1 amide bonds. The van der Waals surface area contributed by atoms with E-state index in [0.29, 0.717) is 28.9 Å². The predicted octanol–water partition coefficient (Wildman–Crippen LogP) is 4.50. The van der Waals surface area contributed by atoms with Crippen molar-refractivity contribution in [3.63, 3.8) is 0 Å². The van der Waals surface area contributed by atoms with Crippen molar-refractivity contribution in [1.82, 2.24) is 15.3 Å². The van der Waals surface area contributed by atoms with Crippen LogP contribution in [-0.2, 0) is 6.54 Å². The topological polar surface area (TPSA) is 66.9 Å². The quantitative estimate of drug-likeness (QED) is 0.758. The zero-order chi connectivity index (χ0) is 18.4. The molecular formula is C20H25ClN4O. The van der Waals surface area contributed by atoms with E-state index < -0.39 is 0 Å². The molecule has 3 rings (SSSR count). The van der Waals surface area contributed by atoms with Crippen LogP contribution in [0.25, 0.3) is 0 Å². The van der Waals surface area contributed by atoms with Crippen molar-refractivity contribution in [2.45, 2.75) is 58.0 Å². The van der Waals surface area contributed by atoms with Crippen molar-refractivity contribution in [2.75, 3.05) is 5.32 Å². The number of aryl methyl sites for hydroxylation is 1. The first kappa shape index (κ1) is 18.6. The molecule has 1 heterocycles. The maximum Gasteiger partial charge on any atom is 0.270 e. The van der Waals surface area contributed by atoms with Gasteiger partial charge in [0.25, 0.3) is 5.91 Å². The molecule has 6 heteroatoms. The Morgan fingerprint density at radius 2 is 1.88 bits per heavy atom. The maximum absolute atomic E-state index is 12.6. The maximum atomic E-state index is 12.6. The molecule has 1 aliphatic carbocycles. The summed E-state index contributed by atoms with van der Waals surface area (Å²) in [7, 11) is 0. The minimum absolute atomic E-state index is 0.122. The molecule has 0 aliphatic heterocycles. The van der Waals surface area contributed by atoms with Crippen LogP contribution in [0.5, 0.6) is 0 Å². The fourth-order valence-corrected chi connectivity index (χ4v) is 3.49. The van der Waals surface area contributed by atoms with E-state index in [1.54, 1.807) is 13.0 Å². The number of anilines is 1. The van der Waals surface area contributed by atoms with Gasteiger partial charge in [-0.1, -0.05) is 55.5 Å². The minimum atomic E-state index is -0.122. The van der Waals surface area contributed by atoms with Crippen LogP contribution in [0.4, 0.5) is 5.82 Å². The van der Waals surface area contributed by atoms with Gasteiger partial charge in [-0.25, -0.2) is 9.97 Å². The third-order valence-electron chi connectivity index (χ3n) is 4.68. The van der Waals surface area contributed by atoms with Crippen molar-refractivity contribution in [2.24, 2.45) is 0 Å². The number of halogens is 1. The van der Waals surface area contributed by atoms with Gasteiger partial charge in [-0.3, -0.25) is 4.79 Å². The zero-order valence-corrected chi connectivity index (χ0v) is 15.9. The minimum Gasteiger partial charge on any atom is -0.366 e. The van der Waals surface area contributed by atoms with E-state index in [2.05, 4.69) is 20.6 Å². The second-order valence-corrected chi connectivity index (χ2v) is 7.20. The molecular weight excluding hydrogens is 348 g/mol. The van der Waals surface area contributed by atoms with Gasteiger partial charge in [0.1, 0.15) is 17.3 Å². The van der Waals surface area contributed by atoms with Crippen molar-refractivity contribution in [1.29, 1.82) is 0 Å². The first-order chi connectivity index (χ1) is 12.6. The summed E-state index contributed by atoms with van der Waals surface area (Å²) in [5.74, 6) is 1.08. The van der Waals surface area contributed by atoms with Crippen molar-refractivity contribution in [3.8, 4) is 0 Å². The van der Waals surface area contributed by atoms with Crippen molar-refractivity contribution < 1.29 is 4.79 Å². The lowest BCUT2D eigenvalue weighted by Crippen LogP contribution is -2.35. The molecule has 1 aromatic heterocycles. The summed E-state index contributed by atoms with van der Waals surface area (Å²) >= 11 is 6.19. The summed E-state index contributed by atoms with van der Waals surface area (Å²) in [5.41, 5.74) is 1.39. The number of carbonyl (C=O) groups excluding carboxylic acids is 1. The first-order valence-electron chi connectivity index (χ1n) is 9.25. The summed E-state index contributed by atoms with van der Waals surface area (Å²) < 4.78 is 0. The van der Waals surface area contributed by atoms with Gasteiger partial charge < -0.3 is 10.6 Å². The van der Waals surface area contributed by atoms with Gasteiger partial charge in [0.15, 0.2) is 0 Å². The molecule has 1 aromatic carbocycles. The van der Waals surface area contributed by atoms with Crippen LogP contribution in [0.15, 0.2) is 30.3 Å². The molecule has 138 valence electrons. The summed E-state index contributed by atoms with van der Waals surface area (Å²) in [6, 6.07) is 9.62. The number of carbonyl (C=O) groups is 1. The number of aromatic nitrogens is 2. The molecule has 1 aliphatic rings. The van der Waals surface area contributed by atoms with Crippen LogP contribution in [0.3, 0.4) is 0 Å². The van der Waals surface area contributed by atoms with Gasteiger partial charge in [0.2, 0.25) is 0 Å². The van der Waals surface area contributed by atoms with E-state index in [1.807, 2.05) is 24.3 Å². The molecule has 1 saturated carbocycles. The van der Waals surface area contributed by atoms with Gasteiger partial charge in [-0.2, -0.15) is 0 Å². The number of nitrogens with zero attached hydrogens (tertiary/aromatic N) is 2. The third kappa shape index (κ3) is 5.18. The Bertz CT molecular complexity index is 757. The Kier molecular flexibility index (Phi) is 6.45. The average Bonchev–Trinajstić information content (AvgIpc) is 2.89. The lowest BCUT2D eigenvalue weighted by molar-refractivity contribution is 0.0928. The summed E-state index contributed by atoms with van der Waals surface area (Å²) in [6.45, 7) is 2.34. The Morgan fingerprint density at radius 1 is 1.15 bits per heavy atom. The first-order valence-corrected chi connectivity index (χ1v) is 9.63. The molecule has 0 saturated heterocycles. The molecule has 0 atom stereocenters. The molecule has 0 unspecified atom stereocenters. The van der Waals surface area contributed by atoms with Crippen molar-refractivity contribution >= 4 is 23.3 Å². The molecule has 0 radical (unpaired) electrons. The largest absolute Gasteiger partial charge is 0.366 e. The second kappa shape index (κ2) is 8.99. The number of nitrogens with one attached hydrogen (secondary N) is 2. The molecule has 2 N–H and O–H groups in total. The van der Waals surface area contributed by atoms with E-state index in [4.69, 9.17) is 11.6 Å². The Labute approximate surface area is 159 Å². The normalized spacial score (nSPS) is 15.3. The SMILES string of the molecule is Cc1nc(NCc2ccccc2Cl)cc(C(=O)NC2CCCCCC2)n1. The van der Waals surface area contributed by atoms with E-state index in [-0.39, 0.29) is 11.9 Å². The Morgan fingerprint density at radius 3 is 2.62 bits per heavy atom. The highest BCUT2D eigenvalue weighted by Crippen LogP contribution is 2.19. The number of rotatable bonds is 5. The van der Waals surface area contributed by atoms with Gasteiger partial charge in [0, 0.05) is 23.7 Å². The van der Waals surface area contributed by atoms with E-state index in [1.165, 1.54) is 25.7 Å². The van der Waals surface area contributed by atoms with Crippen LogP contribution in [0, 0.1) is 6.92 Å². The smallest absolute Gasteiger partial charge is 0.270 e. The molecule has 5 nitrogen and oxygen atoms in total. The van der Waals surface area contributed by atoms with Crippen LogP contribution in [0.2, 0.25) is 5.02 Å². The standard InChI is InChI=1S/C20H25ClN4O/c1-14-23-18(20(26)25-16-9-4-2-3-5-10-16)12-19(24-14)22-13-15-8-6-7-11-17(15)21/h6-8,11-12,16H,2-5,9-10,13H2,1H3,(H,25,26)(H,22,23,24). The molecule has 2 aromatic rings. The van der Waals surface area contributed by atoms with Gasteiger partial charge in [0.05, 0.1) is 0 Å². The molecule has 0 spiro atoms. The predicted molar refractivity (Wildman–Crippen MR) is 105 cm³/mol. The summed E-state index contributed by atoms with van der Waals surface area (Å²) in [6.07, 6.45) is 6.97. The van der Waals surface area contributed by atoms with Gasteiger partial charge in [-0.05, 0) is 31.4 Å². The van der Waals surface area contributed by atoms with Crippen molar-refractivity contribution in [3.05, 3.63) is 52.4 Å². The van der Waals surface area contributed by atoms with E-state index in [0.717, 1.165) is 18.4 Å². The van der Waals surface area contributed by atoms with Crippen LogP contribution < -0.4 is 10.6 Å². The number of hydrogen-bond acceptors (Lipinski definition) is 4. The lowest BCUT2D eigenvalue weighted by Gasteiger charge is -2.16. The highest BCUT2D eigenvalue weighted by atomic mass is 35.5. The monoisotopic (exact) mass is 372 g/mol. The second-order valence-electron chi connectivity index (χ2n) is 6.79. The van der Waals surface area contributed by atoms with E-state index >= 15 is 0 Å². The van der Waals surface area contributed by atoms with Gasteiger partial charge >= 0.3 is 0 Å². The summed E-state index contributed by atoms with van der Waals surface area (Å²) in [4.78, 5) is 21.3. The summed E-state index contributed by atoms with van der Waals surface area (Å²) in [5, 5.41) is 7.08. The molecule has 26 heavy (non-hydrogen) atoms. The molecule has 1 fully saturated rings. The fourth-order valence-electron chi connectivity index (χ4n) is 3.29. The number of hydrogen-bond donors (Lipinski definition) is 2. The Hall–Kier alpha value is -2.14. The number of amides is 1. The average molecular weight is 373 g/mol. The van der Waals surface area contributed by atoms with Gasteiger partial charge in [-0.15, -0.1) is 0 Å². The van der Waals surface area contributed by atoms with E-state index in [9.17, 15) is 4.79 Å². The van der Waals surface area contributed by atoms with Crippen LogP contribution >= 0.6 is 11.6 Å². The fraction of sp³-hybridized carbons (Fsp3) is 0.450. The van der Waals surface area contributed by atoms with Crippen LogP contribution in [-0.4, -0.2) is 21.9 Å². The number of benzene rings is 1. The highest BCUT2D eigenvalue weighted by molar-refractivity contribution is 6.31. The highest BCUT2D eigenvalue weighted by Gasteiger charge is 2.17. The van der Waals surface area contributed by atoms with Crippen LogP contribution in [0.1, 0.15) is 60.4 Å². The lowest BCUT2D eigenvalue weighted by atomic mass is 10.1. The Balaban J connectivity index is 1.66. The zero-order valence-electron chi connectivity index (χ0n) is 15.1.